The molecule has 0 spiro atoms. The van der Waals surface area contributed by atoms with Crippen molar-refractivity contribution in [3.63, 3.8) is 0 Å². The molecule has 0 amide bonds. The molecule has 0 N–H and O–H groups in total. The molecule has 0 saturated carbocycles. The standard InChI is InChI=1S/C22H32N2OS/c1-5-25-17-22(10-8-20-18(2)9-14-26-20)11-13-24(16-22)21(3,4)19-7-6-12-23-15-19/h6-7,9,12,14-15H,5,8,10-11,13,16-17H2,1-4H3/t22-/m0/s1. The first-order valence-electron chi connectivity index (χ1n) is 9.73. The first-order valence-corrected chi connectivity index (χ1v) is 10.6. The SMILES string of the molecule is CCOC[C@@]1(CCc2sccc2C)CCN(C(C)(C)c2cccnc2)C1. The van der Waals surface area contributed by atoms with Crippen molar-refractivity contribution < 1.29 is 4.74 Å². The zero-order valence-electron chi connectivity index (χ0n) is 16.6. The van der Waals surface area contributed by atoms with Crippen LogP contribution < -0.4 is 0 Å². The van der Waals surface area contributed by atoms with Crippen LogP contribution >= 0.6 is 11.3 Å². The highest BCUT2D eigenvalue weighted by Crippen LogP contribution is 2.42. The van der Waals surface area contributed by atoms with E-state index < -0.39 is 0 Å². The lowest BCUT2D eigenvalue weighted by atomic mass is 9.82. The maximum atomic E-state index is 5.95. The van der Waals surface area contributed by atoms with E-state index >= 15 is 0 Å². The van der Waals surface area contributed by atoms with E-state index in [1.807, 2.05) is 29.8 Å². The van der Waals surface area contributed by atoms with E-state index in [9.17, 15) is 0 Å². The Labute approximate surface area is 162 Å². The molecule has 0 aliphatic carbocycles. The van der Waals surface area contributed by atoms with Crippen LogP contribution in [0, 0.1) is 12.3 Å². The minimum atomic E-state index is 0.00106. The summed E-state index contributed by atoms with van der Waals surface area (Å²) < 4.78 is 5.95. The molecule has 142 valence electrons. The van der Waals surface area contributed by atoms with Crippen molar-refractivity contribution in [3.8, 4) is 0 Å². The van der Waals surface area contributed by atoms with E-state index in [-0.39, 0.29) is 11.0 Å². The van der Waals surface area contributed by atoms with Crippen LogP contribution in [-0.4, -0.2) is 36.2 Å². The van der Waals surface area contributed by atoms with Crippen LogP contribution in [0.1, 0.15) is 49.6 Å². The van der Waals surface area contributed by atoms with E-state index in [0.717, 1.165) is 32.7 Å². The van der Waals surface area contributed by atoms with Gasteiger partial charge in [-0.15, -0.1) is 11.3 Å². The average Bonchev–Trinajstić information content (AvgIpc) is 3.26. The molecule has 0 bridgehead atoms. The molecule has 1 fully saturated rings. The molecule has 2 aromatic rings. The second-order valence-corrected chi connectivity index (χ2v) is 9.14. The second-order valence-electron chi connectivity index (χ2n) is 8.14. The number of ether oxygens (including phenoxy) is 1. The third-order valence-corrected chi connectivity index (χ3v) is 7.14. The van der Waals surface area contributed by atoms with Crippen LogP contribution in [0.5, 0.6) is 0 Å². The van der Waals surface area contributed by atoms with Crippen LogP contribution in [-0.2, 0) is 16.7 Å². The van der Waals surface area contributed by atoms with Crippen molar-refractivity contribution in [2.45, 2.75) is 52.5 Å². The summed E-state index contributed by atoms with van der Waals surface area (Å²) in [6, 6.07) is 6.48. The summed E-state index contributed by atoms with van der Waals surface area (Å²) in [6.45, 7) is 12.9. The largest absolute Gasteiger partial charge is 0.381 e. The number of aryl methyl sites for hydroxylation is 2. The quantitative estimate of drug-likeness (QED) is 0.648. The molecule has 3 heterocycles. The van der Waals surface area contributed by atoms with Gasteiger partial charge in [0.2, 0.25) is 0 Å². The Hall–Kier alpha value is -1.23. The van der Waals surface area contributed by atoms with Gasteiger partial charge in [-0.05, 0) is 82.1 Å². The maximum Gasteiger partial charge on any atom is 0.0535 e. The molecule has 0 radical (unpaired) electrons. The predicted molar refractivity (Wildman–Crippen MR) is 110 cm³/mol. The fourth-order valence-corrected chi connectivity index (χ4v) is 4.98. The Morgan fingerprint density at radius 3 is 2.85 bits per heavy atom. The monoisotopic (exact) mass is 372 g/mol. The van der Waals surface area contributed by atoms with Gasteiger partial charge in [0, 0.05) is 41.4 Å². The third kappa shape index (κ3) is 4.19. The lowest BCUT2D eigenvalue weighted by Crippen LogP contribution is -2.42. The van der Waals surface area contributed by atoms with Gasteiger partial charge in [-0.3, -0.25) is 9.88 Å². The molecule has 0 unspecified atom stereocenters. The summed E-state index contributed by atoms with van der Waals surface area (Å²) in [5.41, 5.74) is 2.99. The van der Waals surface area contributed by atoms with Crippen molar-refractivity contribution in [2.24, 2.45) is 5.41 Å². The fourth-order valence-electron chi connectivity index (χ4n) is 4.07. The van der Waals surface area contributed by atoms with Gasteiger partial charge >= 0.3 is 0 Å². The Morgan fingerprint density at radius 2 is 2.19 bits per heavy atom. The van der Waals surface area contributed by atoms with Gasteiger partial charge in [-0.25, -0.2) is 0 Å². The molecule has 1 saturated heterocycles. The molecule has 3 rings (SSSR count). The summed E-state index contributed by atoms with van der Waals surface area (Å²) in [5.74, 6) is 0. The number of pyridine rings is 1. The van der Waals surface area contributed by atoms with Gasteiger partial charge in [0.05, 0.1) is 6.61 Å². The van der Waals surface area contributed by atoms with E-state index in [0.29, 0.717) is 0 Å². The minimum absolute atomic E-state index is 0.00106. The average molecular weight is 373 g/mol. The van der Waals surface area contributed by atoms with Gasteiger partial charge in [0.25, 0.3) is 0 Å². The zero-order valence-corrected chi connectivity index (χ0v) is 17.4. The Balaban J connectivity index is 1.73. The Kier molecular flexibility index (Phi) is 6.16. The summed E-state index contributed by atoms with van der Waals surface area (Å²) in [7, 11) is 0. The van der Waals surface area contributed by atoms with Crippen molar-refractivity contribution in [3.05, 3.63) is 52.0 Å². The summed E-state index contributed by atoms with van der Waals surface area (Å²) in [6.07, 6.45) is 7.44. The minimum Gasteiger partial charge on any atom is -0.381 e. The van der Waals surface area contributed by atoms with Crippen LogP contribution in [0.2, 0.25) is 0 Å². The van der Waals surface area contributed by atoms with E-state index in [1.165, 1.54) is 28.8 Å². The highest BCUT2D eigenvalue weighted by atomic mass is 32.1. The molecule has 2 aromatic heterocycles. The molecule has 4 heteroatoms. The third-order valence-electron chi connectivity index (χ3n) is 6.06. The maximum absolute atomic E-state index is 5.95. The fraction of sp³-hybridized carbons (Fsp3) is 0.591. The Bertz CT molecular complexity index is 697. The Morgan fingerprint density at radius 1 is 1.35 bits per heavy atom. The number of hydrogen-bond acceptors (Lipinski definition) is 4. The van der Waals surface area contributed by atoms with Gasteiger partial charge < -0.3 is 4.74 Å². The van der Waals surface area contributed by atoms with E-state index in [4.69, 9.17) is 4.74 Å². The number of likely N-dealkylation sites (tertiary alicyclic amines) is 1. The lowest BCUT2D eigenvalue weighted by molar-refractivity contribution is 0.0385. The van der Waals surface area contributed by atoms with Crippen LogP contribution in [0.25, 0.3) is 0 Å². The summed E-state index contributed by atoms with van der Waals surface area (Å²) in [5, 5.41) is 2.21. The van der Waals surface area contributed by atoms with Crippen molar-refractivity contribution in [1.29, 1.82) is 0 Å². The number of aromatic nitrogens is 1. The predicted octanol–water partition coefficient (Wildman–Crippen LogP) is 5.05. The van der Waals surface area contributed by atoms with Gasteiger partial charge in [-0.1, -0.05) is 6.07 Å². The lowest BCUT2D eigenvalue weighted by Gasteiger charge is -2.38. The number of nitrogens with zero attached hydrogens (tertiary/aromatic N) is 2. The number of thiophene rings is 1. The van der Waals surface area contributed by atoms with Crippen molar-refractivity contribution in [1.82, 2.24) is 9.88 Å². The van der Waals surface area contributed by atoms with Crippen molar-refractivity contribution >= 4 is 11.3 Å². The molecule has 1 aliphatic heterocycles. The zero-order chi connectivity index (χ0) is 18.6. The molecule has 1 atom stereocenters. The van der Waals surface area contributed by atoms with Crippen LogP contribution in [0.4, 0.5) is 0 Å². The van der Waals surface area contributed by atoms with Gasteiger partial charge in [-0.2, -0.15) is 0 Å². The number of hydrogen-bond donors (Lipinski definition) is 0. The molecular formula is C22H32N2OS. The highest BCUT2D eigenvalue weighted by molar-refractivity contribution is 7.10. The molecule has 26 heavy (non-hydrogen) atoms. The summed E-state index contributed by atoms with van der Waals surface area (Å²) >= 11 is 1.90. The van der Waals surface area contributed by atoms with Crippen molar-refractivity contribution in [2.75, 3.05) is 26.3 Å². The smallest absolute Gasteiger partial charge is 0.0535 e. The number of rotatable bonds is 8. The van der Waals surface area contributed by atoms with Crippen LogP contribution in [0.15, 0.2) is 36.0 Å². The molecule has 3 nitrogen and oxygen atoms in total. The first kappa shape index (κ1) is 19.5. The topological polar surface area (TPSA) is 25.4 Å². The first-order chi connectivity index (χ1) is 12.5. The van der Waals surface area contributed by atoms with Gasteiger partial charge in [0.15, 0.2) is 0 Å². The molecular weight excluding hydrogens is 340 g/mol. The van der Waals surface area contributed by atoms with Gasteiger partial charge in [0.1, 0.15) is 0 Å². The second kappa shape index (κ2) is 8.20. The molecule has 1 aliphatic rings. The normalized spacial score (nSPS) is 21.4. The van der Waals surface area contributed by atoms with Crippen LogP contribution in [0.3, 0.4) is 0 Å². The summed E-state index contributed by atoms with van der Waals surface area (Å²) in [4.78, 5) is 8.50. The highest BCUT2D eigenvalue weighted by Gasteiger charge is 2.43. The van der Waals surface area contributed by atoms with E-state index in [2.05, 4.69) is 55.1 Å². The molecule has 0 aromatic carbocycles. The van der Waals surface area contributed by atoms with E-state index in [1.54, 1.807) is 0 Å².